The molecule has 0 unspecified atom stereocenters. The highest BCUT2D eigenvalue weighted by Crippen LogP contribution is 2.31. The van der Waals surface area contributed by atoms with Crippen molar-refractivity contribution in [3.05, 3.63) is 50.4 Å². The lowest BCUT2D eigenvalue weighted by atomic mass is 9.87. The van der Waals surface area contributed by atoms with Crippen molar-refractivity contribution in [3.8, 4) is 11.1 Å². The van der Waals surface area contributed by atoms with E-state index in [2.05, 4.69) is 44.9 Å². The zero-order chi connectivity index (χ0) is 17.1. The Balaban J connectivity index is 2.94. The van der Waals surface area contributed by atoms with E-state index < -0.39 is 0 Å². The van der Waals surface area contributed by atoms with Crippen LogP contribution in [0, 0.1) is 6.92 Å². The fourth-order valence-electron chi connectivity index (χ4n) is 3.42. The molecule has 2 aromatic rings. The van der Waals surface area contributed by atoms with Gasteiger partial charge in [0.05, 0.1) is 11.3 Å². The van der Waals surface area contributed by atoms with Gasteiger partial charge in [0.25, 0.3) is 5.56 Å². The molecule has 0 aliphatic heterocycles. The molecule has 3 heteroatoms. The van der Waals surface area contributed by atoms with Gasteiger partial charge in [-0.1, -0.05) is 39.8 Å². The molecular formula is C20H28N2O. The summed E-state index contributed by atoms with van der Waals surface area (Å²) in [5, 5.41) is 4.38. The first-order chi connectivity index (χ1) is 11.0. The maximum absolute atomic E-state index is 12.9. The van der Waals surface area contributed by atoms with Gasteiger partial charge >= 0.3 is 0 Å². The van der Waals surface area contributed by atoms with Gasteiger partial charge in [0.2, 0.25) is 0 Å². The molecule has 0 radical (unpaired) electrons. The van der Waals surface area contributed by atoms with Crippen LogP contribution in [0.3, 0.4) is 0 Å². The molecule has 0 saturated carbocycles. The summed E-state index contributed by atoms with van der Waals surface area (Å²) < 4.78 is 1.48. The number of benzene rings is 1. The summed E-state index contributed by atoms with van der Waals surface area (Å²) >= 11 is 0. The van der Waals surface area contributed by atoms with Crippen LogP contribution in [-0.4, -0.2) is 9.78 Å². The third kappa shape index (κ3) is 3.10. The Labute approximate surface area is 139 Å². The maximum atomic E-state index is 12.9. The van der Waals surface area contributed by atoms with Gasteiger partial charge in [-0.2, -0.15) is 5.10 Å². The van der Waals surface area contributed by atoms with Gasteiger partial charge in [-0.3, -0.25) is 4.79 Å². The third-order valence-electron chi connectivity index (χ3n) is 4.68. The summed E-state index contributed by atoms with van der Waals surface area (Å²) in [6.07, 6.45) is 3.72. The Kier molecular flexibility index (Phi) is 5.40. The van der Waals surface area contributed by atoms with Crippen molar-refractivity contribution in [1.29, 1.82) is 0 Å². The summed E-state index contributed by atoms with van der Waals surface area (Å²) in [6, 6.07) is 4.53. The monoisotopic (exact) mass is 312 g/mol. The van der Waals surface area contributed by atoms with E-state index in [9.17, 15) is 4.79 Å². The summed E-state index contributed by atoms with van der Waals surface area (Å²) in [5.74, 6) is 0. The fourth-order valence-corrected chi connectivity index (χ4v) is 3.42. The standard InChI is InChI=1S/C20H28N2O/c1-7-14-11-15(8-2)18(16(9-3)12-14)19-17(10-4)13(5)21-22(6)20(19)23/h11-12H,7-10H2,1-6H3. The van der Waals surface area contributed by atoms with E-state index >= 15 is 0 Å². The first-order valence-corrected chi connectivity index (χ1v) is 8.70. The Bertz CT molecular complexity index is 747. The predicted molar refractivity (Wildman–Crippen MR) is 97.2 cm³/mol. The van der Waals surface area contributed by atoms with Gasteiger partial charge in [-0.15, -0.1) is 0 Å². The van der Waals surface area contributed by atoms with Crippen LogP contribution in [0.2, 0.25) is 0 Å². The highest BCUT2D eigenvalue weighted by Gasteiger charge is 2.20. The molecule has 0 bridgehead atoms. The van der Waals surface area contributed by atoms with E-state index in [0.717, 1.165) is 48.1 Å². The number of aryl methyl sites for hydroxylation is 5. The fraction of sp³-hybridized carbons (Fsp3) is 0.500. The first-order valence-electron chi connectivity index (χ1n) is 8.70. The second kappa shape index (κ2) is 7.12. The number of hydrogen-bond donors (Lipinski definition) is 0. The summed E-state index contributed by atoms with van der Waals surface area (Å²) in [7, 11) is 1.75. The average molecular weight is 312 g/mol. The Hall–Kier alpha value is -1.90. The lowest BCUT2D eigenvalue weighted by Gasteiger charge is -2.19. The Morgan fingerprint density at radius 3 is 1.91 bits per heavy atom. The number of rotatable bonds is 5. The van der Waals surface area contributed by atoms with Gasteiger partial charge in [0, 0.05) is 7.05 Å². The van der Waals surface area contributed by atoms with E-state index in [1.165, 1.54) is 21.4 Å². The molecule has 3 nitrogen and oxygen atoms in total. The van der Waals surface area contributed by atoms with Crippen molar-refractivity contribution < 1.29 is 0 Å². The predicted octanol–water partition coefficient (Wildman–Crippen LogP) is 4.01. The smallest absolute Gasteiger partial charge is 0.267 e. The van der Waals surface area contributed by atoms with Gasteiger partial charge in [0.15, 0.2) is 0 Å². The van der Waals surface area contributed by atoms with E-state index in [0.29, 0.717) is 0 Å². The number of hydrogen-bond acceptors (Lipinski definition) is 2. The Morgan fingerprint density at radius 1 is 0.913 bits per heavy atom. The zero-order valence-electron chi connectivity index (χ0n) is 15.3. The maximum Gasteiger partial charge on any atom is 0.274 e. The van der Waals surface area contributed by atoms with Crippen molar-refractivity contribution in [2.75, 3.05) is 0 Å². The highest BCUT2D eigenvalue weighted by molar-refractivity contribution is 5.74. The molecule has 124 valence electrons. The topological polar surface area (TPSA) is 34.9 Å². The van der Waals surface area contributed by atoms with Crippen LogP contribution in [-0.2, 0) is 32.7 Å². The van der Waals surface area contributed by atoms with Crippen LogP contribution in [0.15, 0.2) is 16.9 Å². The summed E-state index contributed by atoms with van der Waals surface area (Å²) in [4.78, 5) is 12.9. The number of aromatic nitrogens is 2. The highest BCUT2D eigenvalue weighted by atomic mass is 16.1. The van der Waals surface area contributed by atoms with Crippen LogP contribution in [0.25, 0.3) is 11.1 Å². The molecule has 0 atom stereocenters. The molecule has 23 heavy (non-hydrogen) atoms. The van der Waals surface area contributed by atoms with Gasteiger partial charge in [-0.25, -0.2) is 4.68 Å². The second-order valence-electron chi connectivity index (χ2n) is 6.07. The molecular weight excluding hydrogens is 284 g/mol. The molecule has 0 aliphatic rings. The van der Waals surface area contributed by atoms with Gasteiger partial charge < -0.3 is 0 Å². The summed E-state index contributed by atoms with van der Waals surface area (Å²) in [6.45, 7) is 10.6. The largest absolute Gasteiger partial charge is 0.274 e. The molecule has 0 aliphatic carbocycles. The average Bonchev–Trinajstić information content (AvgIpc) is 2.56. The van der Waals surface area contributed by atoms with Crippen LogP contribution in [0.5, 0.6) is 0 Å². The van der Waals surface area contributed by atoms with Crippen LogP contribution >= 0.6 is 0 Å². The lowest BCUT2D eigenvalue weighted by molar-refractivity contribution is 0.686. The molecule has 1 aromatic heterocycles. The van der Waals surface area contributed by atoms with E-state index in [1.807, 2.05) is 6.92 Å². The molecule has 1 aromatic carbocycles. The van der Waals surface area contributed by atoms with Crippen molar-refractivity contribution >= 4 is 0 Å². The van der Waals surface area contributed by atoms with Crippen molar-refractivity contribution in [1.82, 2.24) is 9.78 Å². The van der Waals surface area contributed by atoms with Crippen molar-refractivity contribution in [2.45, 2.75) is 60.3 Å². The minimum atomic E-state index is 0.0149. The molecule has 0 spiro atoms. The quantitative estimate of drug-likeness (QED) is 0.836. The molecule has 0 fully saturated rings. The zero-order valence-corrected chi connectivity index (χ0v) is 15.3. The molecule has 0 saturated heterocycles. The first kappa shape index (κ1) is 17.5. The molecule has 1 heterocycles. The molecule has 2 rings (SSSR count). The third-order valence-corrected chi connectivity index (χ3v) is 4.68. The SMILES string of the molecule is CCc1cc(CC)c(-c2c(CC)c(C)nn(C)c2=O)c(CC)c1. The minimum Gasteiger partial charge on any atom is -0.267 e. The summed E-state index contributed by atoms with van der Waals surface area (Å²) in [5.41, 5.74) is 7.96. The normalized spacial score (nSPS) is 11.0. The van der Waals surface area contributed by atoms with Crippen molar-refractivity contribution in [3.63, 3.8) is 0 Å². The Morgan fingerprint density at radius 2 is 1.48 bits per heavy atom. The molecule has 0 N–H and O–H groups in total. The van der Waals surface area contributed by atoms with Crippen LogP contribution in [0.1, 0.15) is 55.6 Å². The van der Waals surface area contributed by atoms with Gasteiger partial charge in [0.1, 0.15) is 0 Å². The lowest BCUT2D eigenvalue weighted by Crippen LogP contribution is -2.25. The van der Waals surface area contributed by atoms with Crippen LogP contribution < -0.4 is 5.56 Å². The van der Waals surface area contributed by atoms with E-state index in [1.54, 1.807) is 7.05 Å². The van der Waals surface area contributed by atoms with Gasteiger partial charge in [-0.05, 0) is 60.4 Å². The van der Waals surface area contributed by atoms with Crippen LogP contribution in [0.4, 0.5) is 0 Å². The minimum absolute atomic E-state index is 0.0149. The molecule has 0 amide bonds. The van der Waals surface area contributed by atoms with Crippen molar-refractivity contribution in [2.24, 2.45) is 7.05 Å². The van der Waals surface area contributed by atoms with E-state index in [4.69, 9.17) is 0 Å². The second-order valence-corrected chi connectivity index (χ2v) is 6.07. The van der Waals surface area contributed by atoms with E-state index in [-0.39, 0.29) is 5.56 Å². The number of nitrogens with zero attached hydrogens (tertiary/aromatic N) is 2.